The van der Waals surface area contributed by atoms with Crippen molar-refractivity contribution in [3.8, 4) is 5.75 Å². The molecule has 0 saturated carbocycles. The summed E-state index contributed by atoms with van der Waals surface area (Å²) in [6.45, 7) is 8.22. The van der Waals surface area contributed by atoms with E-state index in [1.54, 1.807) is 11.3 Å². The minimum absolute atomic E-state index is 0.0580. The fraction of sp³-hybridized carbons (Fsp3) is 0.375. The second kappa shape index (κ2) is 6.29. The lowest BCUT2D eigenvalue weighted by Gasteiger charge is -2.22. The van der Waals surface area contributed by atoms with Crippen molar-refractivity contribution in [1.82, 2.24) is 0 Å². The lowest BCUT2D eigenvalue weighted by Crippen LogP contribution is -2.28. The first kappa shape index (κ1) is 15.5. The number of nitrogens with two attached hydrogens (primary N) is 1. The Morgan fingerprint density at radius 3 is 2.20 bits per heavy atom. The van der Waals surface area contributed by atoms with Crippen LogP contribution in [0.4, 0.5) is 0 Å². The Balaban J connectivity index is 2.29. The van der Waals surface area contributed by atoms with Crippen molar-refractivity contribution in [2.75, 3.05) is 0 Å². The summed E-state index contributed by atoms with van der Waals surface area (Å²) in [5.41, 5.74) is 8.45. The van der Waals surface area contributed by atoms with Crippen LogP contribution in [0.25, 0.3) is 0 Å². The summed E-state index contributed by atoms with van der Waals surface area (Å²) in [6, 6.07) is 8.25. The van der Waals surface area contributed by atoms with Gasteiger partial charge >= 0.3 is 0 Å². The molecule has 20 heavy (non-hydrogen) atoms. The highest BCUT2D eigenvalue weighted by atomic mass is 79.9. The topological polar surface area (TPSA) is 35.2 Å². The number of thiophene rings is 1. The van der Waals surface area contributed by atoms with E-state index in [9.17, 15) is 0 Å². The molecular formula is C16H20BrNOS. The number of benzene rings is 1. The molecule has 0 amide bonds. The average molecular weight is 354 g/mol. The Morgan fingerprint density at radius 2 is 1.75 bits per heavy atom. The zero-order chi connectivity index (χ0) is 14.9. The van der Waals surface area contributed by atoms with E-state index < -0.39 is 0 Å². The van der Waals surface area contributed by atoms with E-state index in [2.05, 4.69) is 48.8 Å². The van der Waals surface area contributed by atoms with Crippen LogP contribution >= 0.6 is 27.3 Å². The number of rotatable bonds is 4. The van der Waals surface area contributed by atoms with Gasteiger partial charge in [0.15, 0.2) is 0 Å². The summed E-state index contributed by atoms with van der Waals surface area (Å²) in [6.07, 6.45) is -0.103. The monoisotopic (exact) mass is 353 g/mol. The van der Waals surface area contributed by atoms with E-state index in [1.807, 2.05) is 19.1 Å². The third-order valence-electron chi connectivity index (χ3n) is 3.19. The highest BCUT2D eigenvalue weighted by molar-refractivity contribution is 9.10. The van der Waals surface area contributed by atoms with Gasteiger partial charge in [0.2, 0.25) is 0 Å². The van der Waals surface area contributed by atoms with E-state index in [1.165, 1.54) is 20.9 Å². The van der Waals surface area contributed by atoms with Crippen molar-refractivity contribution >= 4 is 27.3 Å². The largest absolute Gasteiger partial charge is 0.483 e. The molecule has 2 aromatic rings. The van der Waals surface area contributed by atoms with Crippen molar-refractivity contribution in [3.05, 3.63) is 49.6 Å². The summed E-state index contributed by atoms with van der Waals surface area (Å²) < 4.78 is 7.29. The molecule has 1 aromatic carbocycles. The van der Waals surface area contributed by atoms with Gasteiger partial charge in [-0.3, -0.25) is 0 Å². The minimum atomic E-state index is -0.103. The van der Waals surface area contributed by atoms with Crippen LogP contribution in [0.15, 0.2) is 28.7 Å². The molecule has 2 N–H and O–H groups in total. The molecule has 4 heteroatoms. The fourth-order valence-electron chi connectivity index (χ4n) is 2.15. The Bertz CT molecular complexity index is 583. The first-order chi connectivity index (χ1) is 9.38. The summed E-state index contributed by atoms with van der Waals surface area (Å²) in [4.78, 5) is 2.45. The van der Waals surface area contributed by atoms with Crippen molar-refractivity contribution in [2.45, 2.75) is 39.8 Å². The van der Waals surface area contributed by atoms with E-state index >= 15 is 0 Å². The van der Waals surface area contributed by atoms with Crippen molar-refractivity contribution in [3.63, 3.8) is 0 Å². The van der Waals surface area contributed by atoms with Gasteiger partial charge in [0.1, 0.15) is 11.9 Å². The van der Waals surface area contributed by atoms with E-state index in [-0.39, 0.29) is 12.1 Å². The standard InChI is InChI=1S/C16H20BrNOS/c1-9-7-13(8-10(2)15(9)17)19-16(12(4)18)14-6-5-11(3)20-14/h5-8,12,16H,18H2,1-4H3. The summed E-state index contributed by atoms with van der Waals surface area (Å²) in [5.74, 6) is 0.872. The average Bonchev–Trinajstić information content (AvgIpc) is 2.79. The van der Waals surface area contributed by atoms with Crippen LogP contribution in [0.2, 0.25) is 0 Å². The van der Waals surface area contributed by atoms with Crippen molar-refractivity contribution in [1.29, 1.82) is 0 Å². The smallest absolute Gasteiger partial charge is 0.148 e. The van der Waals surface area contributed by atoms with Gasteiger partial charge in [-0.2, -0.15) is 0 Å². The highest BCUT2D eigenvalue weighted by Crippen LogP contribution is 2.32. The Hall–Kier alpha value is -0.840. The van der Waals surface area contributed by atoms with Gasteiger partial charge in [-0.25, -0.2) is 0 Å². The van der Waals surface area contributed by atoms with Crippen LogP contribution in [0, 0.1) is 20.8 Å². The first-order valence-electron chi connectivity index (χ1n) is 6.64. The molecule has 0 aliphatic heterocycles. The van der Waals surface area contributed by atoms with E-state index in [4.69, 9.17) is 10.5 Å². The second-order valence-corrected chi connectivity index (χ2v) is 7.33. The number of aryl methyl sites for hydroxylation is 3. The molecule has 0 aliphatic rings. The highest BCUT2D eigenvalue weighted by Gasteiger charge is 2.20. The van der Waals surface area contributed by atoms with Crippen LogP contribution < -0.4 is 10.5 Å². The molecule has 0 fully saturated rings. The predicted molar refractivity (Wildman–Crippen MR) is 89.7 cm³/mol. The van der Waals surface area contributed by atoms with Gasteiger partial charge in [-0.1, -0.05) is 15.9 Å². The quantitative estimate of drug-likeness (QED) is 0.847. The Morgan fingerprint density at radius 1 is 1.15 bits per heavy atom. The molecular weight excluding hydrogens is 334 g/mol. The molecule has 0 aliphatic carbocycles. The maximum absolute atomic E-state index is 6.16. The summed E-state index contributed by atoms with van der Waals surface area (Å²) in [7, 11) is 0. The molecule has 0 spiro atoms. The van der Waals surface area contributed by atoms with E-state index in [0.717, 1.165) is 10.2 Å². The normalized spacial score (nSPS) is 14.1. The van der Waals surface area contributed by atoms with Crippen molar-refractivity contribution < 1.29 is 4.74 Å². The lowest BCUT2D eigenvalue weighted by atomic mass is 10.1. The van der Waals surface area contributed by atoms with Gasteiger partial charge in [0.25, 0.3) is 0 Å². The van der Waals surface area contributed by atoms with Gasteiger partial charge in [0.05, 0.1) is 0 Å². The summed E-state index contributed by atoms with van der Waals surface area (Å²) >= 11 is 5.32. The lowest BCUT2D eigenvalue weighted by molar-refractivity contribution is 0.184. The molecule has 2 unspecified atom stereocenters. The third kappa shape index (κ3) is 3.43. The Labute approximate surface area is 133 Å². The van der Waals surface area contributed by atoms with Gasteiger partial charge in [0, 0.05) is 20.3 Å². The Kier molecular flexibility index (Phi) is 4.89. The molecule has 2 rings (SSSR count). The van der Waals surface area contributed by atoms with Gasteiger partial charge in [-0.15, -0.1) is 11.3 Å². The third-order valence-corrected chi connectivity index (χ3v) is 5.51. The van der Waals surface area contributed by atoms with Crippen LogP contribution in [-0.4, -0.2) is 6.04 Å². The van der Waals surface area contributed by atoms with Crippen molar-refractivity contribution in [2.24, 2.45) is 5.73 Å². The van der Waals surface area contributed by atoms with Crippen LogP contribution in [0.3, 0.4) is 0 Å². The SMILES string of the molecule is Cc1ccc(C(Oc2cc(C)c(Br)c(C)c2)C(C)N)s1. The second-order valence-electron chi connectivity index (χ2n) is 5.22. The van der Waals surface area contributed by atoms with Gasteiger partial charge in [-0.05, 0) is 63.1 Å². The molecule has 0 radical (unpaired) electrons. The molecule has 1 aromatic heterocycles. The molecule has 2 nitrogen and oxygen atoms in total. The number of hydrogen-bond acceptors (Lipinski definition) is 3. The molecule has 0 saturated heterocycles. The minimum Gasteiger partial charge on any atom is -0.483 e. The maximum atomic E-state index is 6.16. The molecule has 108 valence electrons. The fourth-order valence-corrected chi connectivity index (χ4v) is 3.40. The summed E-state index contributed by atoms with van der Waals surface area (Å²) in [5, 5.41) is 0. The predicted octanol–water partition coefficient (Wildman–Crippen LogP) is 4.90. The number of hydrogen-bond donors (Lipinski definition) is 1. The zero-order valence-corrected chi connectivity index (χ0v) is 14.6. The van der Waals surface area contributed by atoms with Crippen LogP contribution in [0.1, 0.15) is 33.9 Å². The van der Waals surface area contributed by atoms with Crippen LogP contribution in [-0.2, 0) is 0 Å². The molecule has 2 atom stereocenters. The molecule has 1 heterocycles. The van der Waals surface area contributed by atoms with Gasteiger partial charge < -0.3 is 10.5 Å². The van der Waals surface area contributed by atoms with E-state index in [0.29, 0.717) is 0 Å². The zero-order valence-electron chi connectivity index (χ0n) is 12.2. The number of ether oxygens (including phenoxy) is 1. The van der Waals surface area contributed by atoms with Crippen LogP contribution in [0.5, 0.6) is 5.75 Å². The number of halogens is 1. The maximum Gasteiger partial charge on any atom is 0.148 e. The molecule has 0 bridgehead atoms. The first-order valence-corrected chi connectivity index (χ1v) is 8.24.